The third kappa shape index (κ3) is 6.07. The summed E-state index contributed by atoms with van der Waals surface area (Å²) < 4.78 is 5.62. The predicted octanol–water partition coefficient (Wildman–Crippen LogP) is 1.93. The Hall–Kier alpha value is -0.0600. The van der Waals surface area contributed by atoms with Crippen molar-refractivity contribution < 1.29 is 9.53 Å². The molecule has 0 spiro atoms. The van der Waals surface area contributed by atoms with Crippen LogP contribution in [0.4, 0.5) is 0 Å². The van der Waals surface area contributed by atoms with Gasteiger partial charge in [0.05, 0.1) is 6.42 Å². The lowest BCUT2D eigenvalue weighted by Crippen LogP contribution is -2.04. The fourth-order valence-corrected chi connectivity index (χ4v) is 0.827. The SMILES string of the molecule is CC=CCOC(=O)CCI. The Morgan fingerprint density at radius 2 is 2.40 bits per heavy atom. The van der Waals surface area contributed by atoms with E-state index < -0.39 is 0 Å². The van der Waals surface area contributed by atoms with Gasteiger partial charge in [-0.3, -0.25) is 4.79 Å². The average Bonchev–Trinajstić information content (AvgIpc) is 1.89. The third-order valence-corrected chi connectivity index (χ3v) is 1.41. The number of hydrogen-bond acceptors (Lipinski definition) is 2. The molecule has 0 atom stereocenters. The van der Waals surface area contributed by atoms with Crippen LogP contribution in [-0.4, -0.2) is 17.0 Å². The van der Waals surface area contributed by atoms with E-state index in [2.05, 4.69) is 22.6 Å². The second kappa shape index (κ2) is 7.05. The van der Waals surface area contributed by atoms with E-state index >= 15 is 0 Å². The van der Waals surface area contributed by atoms with Gasteiger partial charge in [0.2, 0.25) is 0 Å². The smallest absolute Gasteiger partial charge is 0.306 e. The summed E-state index contributed by atoms with van der Waals surface area (Å²) >= 11 is 2.14. The summed E-state index contributed by atoms with van der Waals surface area (Å²) in [6.45, 7) is 2.30. The second-order valence-electron chi connectivity index (χ2n) is 1.69. The molecule has 0 unspecified atom stereocenters. The molecule has 0 aliphatic carbocycles. The fraction of sp³-hybridized carbons (Fsp3) is 0.571. The maximum atomic E-state index is 10.7. The number of carbonyl (C=O) groups is 1. The van der Waals surface area contributed by atoms with Crippen molar-refractivity contribution in [2.75, 3.05) is 11.0 Å². The van der Waals surface area contributed by atoms with E-state index in [1.165, 1.54) is 0 Å². The van der Waals surface area contributed by atoms with E-state index in [0.717, 1.165) is 4.43 Å². The van der Waals surface area contributed by atoms with Crippen molar-refractivity contribution in [2.45, 2.75) is 13.3 Å². The van der Waals surface area contributed by atoms with Crippen LogP contribution in [0, 0.1) is 0 Å². The zero-order valence-electron chi connectivity index (χ0n) is 5.97. The zero-order valence-corrected chi connectivity index (χ0v) is 8.13. The minimum absolute atomic E-state index is 0.118. The van der Waals surface area contributed by atoms with E-state index in [1.807, 2.05) is 19.1 Å². The molecule has 0 aromatic rings. The Balaban J connectivity index is 3.21. The highest BCUT2D eigenvalue weighted by Crippen LogP contribution is 1.91. The van der Waals surface area contributed by atoms with Gasteiger partial charge < -0.3 is 4.74 Å². The first-order chi connectivity index (χ1) is 4.81. The molecule has 2 nitrogen and oxygen atoms in total. The summed E-state index contributed by atoms with van der Waals surface area (Å²) in [4.78, 5) is 10.7. The van der Waals surface area contributed by atoms with Crippen molar-refractivity contribution in [3.63, 3.8) is 0 Å². The molecule has 0 saturated heterocycles. The van der Waals surface area contributed by atoms with E-state index in [4.69, 9.17) is 4.74 Å². The molecule has 0 amide bonds. The summed E-state index contributed by atoms with van der Waals surface area (Å²) in [5, 5.41) is 0. The van der Waals surface area contributed by atoms with Crippen LogP contribution in [0.25, 0.3) is 0 Å². The highest BCUT2D eigenvalue weighted by atomic mass is 127. The minimum Gasteiger partial charge on any atom is -0.461 e. The van der Waals surface area contributed by atoms with Gasteiger partial charge in [-0.15, -0.1) is 0 Å². The average molecular weight is 254 g/mol. The first-order valence-corrected chi connectivity index (χ1v) is 4.66. The predicted molar refractivity (Wildman–Crippen MR) is 49.3 cm³/mol. The van der Waals surface area contributed by atoms with Gasteiger partial charge in [-0.05, 0) is 6.92 Å². The molecule has 0 rings (SSSR count). The van der Waals surface area contributed by atoms with Gasteiger partial charge in [0.15, 0.2) is 0 Å². The molecule has 0 radical (unpaired) electrons. The molecule has 58 valence electrons. The molecule has 0 fully saturated rings. The van der Waals surface area contributed by atoms with Gasteiger partial charge in [-0.2, -0.15) is 0 Å². The normalized spacial score (nSPS) is 10.2. The van der Waals surface area contributed by atoms with E-state index in [1.54, 1.807) is 0 Å². The Kier molecular flexibility index (Phi) is 7.01. The molecule has 0 aliphatic rings. The molecule has 3 heteroatoms. The monoisotopic (exact) mass is 254 g/mol. The van der Waals surface area contributed by atoms with Crippen molar-refractivity contribution in [1.29, 1.82) is 0 Å². The van der Waals surface area contributed by atoms with E-state index in [-0.39, 0.29) is 5.97 Å². The third-order valence-electron chi connectivity index (χ3n) is 0.875. The molecular weight excluding hydrogens is 243 g/mol. The highest BCUT2D eigenvalue weighted by molar-refractivity contribution is 14.1. The first-order valence-electron chi connectivity index (χ1n) is 3.14. The number of halogens is 1. The van der Waals surface area contributed by atoms with Crippen molar-refractivity contribution >= 4 is 28.6 Å². The number of rotatable bonds is 4. The number of hydrogen-bond donors (Lipinski definition) is 0. The molecule has 0 bridgehead atoms. The molecule has 10 heavy (non-hydrogen) atoms. The van der Waals surface area contributed by atoms with Gasteiger partial charge in [0.25, 0.3) is 0 Å². The second-order valence-corrected chi connectivity index (χ2v) is 2.77. The van der Waals surface area contributed by atoms with E-state index in [9.17, 15) is 4.79 Å². The van der Waals surface area contributed by atoms with Crippen molar-refractivity contribution in [3.05, 3.63) is 12.2 Å². The Labute approximate surface area is 74.8 Å². The Bertz CT molecular complexity index is 121. The summed E-state index contributed by atoms with van der Waals surface area (Å²) in [5.74, 6) is -0.118. The summed E-state index contributed by atoms with van der Waals surface area (Å²) in [7, 11) is 0. The van der Waals surface area contributed by atoms with Gasteiger partial charge in [-0.25, -0.2) is 0 Å². The lowest BCUT2D eigenvalue weighted by Gasteiger charge is -1.97. The van der Waals surface area contributed by atoms with Crippen LogP contribution in [0.2, 0.25) is 0 Å². The van der Waals surface area contributed by atoms with Gasteiger partial charge in [0, 0.05) is 4.43 Å². The number of allylic oxidation sites excluding steroid dienone is 1. The van der Waals surface area contributed by atoms with Gasteiger partial charge >= 0.3 is 5.97 Å². The quantitative estimate of drug-likeness (QED) is 0.331. The van der Waals surface area contributed by atoms with Crippen LogP contribution < -0.4 is 0 Å². The van der Waals surface area contributed by atoms with Crippen LogP contribution in [0.15, 0.2) is 12.2 Å². The summed E-state index contributed by atoms with van der Waals surface area (Å²) in [5.41, 5.74) is 0. The molecule has 0 heterocycles. The topological polar surface area (TPSA) is 26.3 Å². The molecular formula is C7H11IO2. The Morgan fingerprint density at radius 3 is 2.90 bits per heavy atom. The van der Waals surface area contributed by atoms with Crippen LogP contribution in [0.5, 0.6) is 0 Å². The number of esters is 1. The minimum atomic E-state index is -0.118. The summed E-state index contributed by atoms with van der Waals surface area (Å²) in [6, 6.07) is 0. The molecule has 0 N–H and O–H groups in total. The first kappa shape index (κ1) is 9.94. The maximum Gasteiger partial charge on any atom is 0.306 e. The van der Waals surface area contributed by atoms with Crippen molar-refractivity contribution in [1.82, 2.24) is 0 Å². The highest BCUT2D eigenvalue weighted by Gasteiger charge is 1.97. The number of alkyl halides is 1. The van der Waals surface area contributed by atoms with Crippen LogP contribution >= 0.6 is 22.6 Å². The van der Waals surface area contributed by atoms with Gasteiger partial charge in [0.1, 0.15) is 6.61 Å². The number of ether oxygens (including phenoxy) is 1. The molecule has 0 aliphatic heterocycles. The zero-order chi connectivity index (χ0) is 7.82. The van der Waals surface area contributed by atoms with Crippen LogP contribution in [-0.2, 0) is 9.53 Å². The standard InChI is InChI=1S/C7H11IO2/c1-2-3-6-10-7(9)4-5-8/h2-3H,4-6H2,1H3. The lowest BCUT2D eigenvalue weighted by molar-refractivity contribution is -0.141. The van der Waals surface area contributed by atoms with Crippen LogP contribution in [0.3, 0.4) is 0 Å². The fourth-order valence-electron chi connectivity index (χ4n) is 0.387. The van der Waals surface area contributed by atoms with Crippen LogP contribution in [0.1, 0.15) is 13.3 Å². The maximum absolute atomic E-state index is 10.7. The Morgan fingerprint density at radius 1 is 1.70 bits per heavy atom. The van der Waals surface area contributed by atoms with Crippen molar-refractivity contribution in [2.24, 2.45) is 0 Å². The molecule has 0 saturated carbocycles. The molecule has 0 aromatic carbocycles. The van der Waals surface area contributed by atoms with Crippen molar-refractivity contribution in [3.8, 4) is 0 Å². The largest absolute Gasteiger partial charge is 0.461 e. The summed E-state index contributed by atoms with van der Waals surface area (Å²) in [6.07, 6.45) is 4.18. The lowest BCUT2D eigenvalue weighted by atomic mass is 10.5. The number of carbonyl (C=O) groups excluding carboxylic acids is 1. The van der Waals surface area contributed by atoms with E-state index in [0.29, 0.717) is 13.0 Å². The molecule has 0 aromatic heterocycles. The van der Waals surface area contributed by atoms with Gasteiger partial charge in [-0.1, -0.05) is 34.7 Å².